The lowest BCUT2D eigenvalue weighted by Gasteiger charge is -2.34. The fourth-order valence-corrected chi connectivity index (χ4v) is 7.10. The first-order valence-electron chi connectivity index (χ1n) is 15.8. The number of anilines is 1. The number of halogens is 1. The van der Waals surface area contributed by atoms with E-state index in [0.29, 0.717) is 29.4 Å². The molecule has 4 aromatic carbocycles. The van der Waals surface area contributed by atoms with Crippen LogP contribution >= 0.6 is 23.4 Å². The number of benzene rings is 4. The van der Waals surface area contributed by atoms with Gasteiger partial charge in [-0.2, -0.15) is 0 Å². The number of hydrogen-bond donors (Lipinski definition) is 1. The second-order valence-electron chi connectivity index (χ2n) is 11.3. The monoisotopic (exact) mass is 707 g/mol. The fourth-order valence-electron chi connectivity index (χ4n) is 5.08. The SMILES string of the molecule is CCOc1ccc(N(CC(=O)N(Cc2ccccc2Cl)[C@H](Cc2ccccc2)C(=O)N[C@H](C)CC)S(=O)(=O)c2ccc(SC)cc2)cc1. The Kier molecular flexibility index (Phi) is 13.4. The van der Waals surface area contributed by atoms with Crippen molar-refractivity contribution in [1.82, 2.24) is 10.2 Å². The summed E-state index contributed by atoms with van der Waals surface area (Å²) in [6, 6.07) is 28.5. The van der Waals surface area contributed by atoms with Crippen LogP contribution in [0.1, 0.15) is 38.3 Å². The maximum Gasteiger partial charge on any atom is 0.264 e. The van der Waals surface area contributed by atoms with E-state index in [2.05, 4.69) is 5.32 Å². The van der Waals surface area contributed by atoms with Gasteiger partial charge < -0.3 is 15.0 Å². The lowest BCUT2D eigenvalue weighted by molar-refractivity contribution is -0.140. The zero-order chi connectivity index (χ0) is 34.7. The highest BCUT2D eigenvalue weighted by molar-refractivity contribution is 7.98. The minimum absolute atomic E-state index is 0.0104. The first-order valence-corrected chi connectivity index (χ1v) is 18.9. The maximum atomic E-state index is 14.7. The van der Waals surface area contributed by atoms with Crippen LogP contribution in [0.4, 0.5) is 5.69 Å². The van der Waals surface area contributed by atoms with Gasteiger partial charge in [0.25, 0.3) is 10.0 Å². The molecule has 0 fully saturated rings. The Morgan fingerprint density at radius 1 is 0.896 bits per heavy atom. The topological polar surface area (TPSA) is 96.0 Å². The van der Waals surface area contributed by atoms with Crippen molar-refractivity contribution < 1.29 is 22.7 Å². The standard InChI is InChI=1S/C37H42ClN3O5S2/c1-5-27(3)39-37(43)35(24-28-12-8-7-9-13-28)40(25-29-14-10-11-15-34(29)38)36(42)26-41(30-16-18-31(19-17-30)46-6-2)48(44,45)33-22-20-32(47-4)21-23-33/h7-23,27,35H,5-6,24-26H2,1-4H3,(H,39,43)/t27-,35-/m1/s1. The molecule has 1 N–H and O–H groups in total. The lowest BCUT2D eigenvalue weighted by Crippen LogP contribution is -2.54. The highest BCUT2D eigenvalue weighted by atomic mass is 35.5. The second kappa shape index (κ2) is 17.4. The highest BCUT2D eigenvalue weighted by Crippen LogP contribution is 2.29. The third-order valence-electron chi connectivity index (χ3n) is 7.93. The number of hydrogen-bond acceptors (Lipinski definition) is 6. The molecule has 0 heterocycles. The van der Waals surface area contributed by atoms with Gasteiger partial charge in [-0.1, -0.05) is 67.1 Å². The molecule has 0 unspecified atom stereocenters. The Bertz CT molecular complexity index is 1750. The van der Waals surface area contributed by atoms with Gasteiger partial charge in [-0.05, 0) is 92.2 Å². The van der Waals surface area contributed by atoms with Crippen LogP contribution in [0.5, 0.6) is 5.75 Å². The average molecular weight is 708 g/mol. The van der Waals surface area contributed by atoms with Crippen LogP contribution in [-0.2, 0) is 32.6 Å². The maximum absolute atomic E-state index is 14.7. The van der Waals surface area contributed by atoms with Crippen molar-refractivity contribution >= 4 is 50.9 Å². The smallest absolute Gasteiger partial charge is 0.264 e. The summed E-state index contributed by atoms with van der Waals surface area (Å²) < 4.78 is 35.3. The predicted octanol–water partition coefficient (Wildman–Crippen LogP) is 7.21. The average Bonchev–Trinajstić information content (AvgIpc) is 3.10. The van der Waals surface area contributed by atoms with E-state index in [9.17, 15) is 18.0 Å². The zero-order valence-electron chi connectivity index (χ0n) is 27.6. The van der Waals surface area contributed by atoms with Crippen LogP contribution in [0.2, 0.25) is 5.02 Å². The molecule has 4 rings (SSSR count). The molecule has 0 aliphatic rings. The zero-order valence-corrected chi connectivity index (χ0v) is 30.0. The van der Waals surface area contributed by atoms with Gasteiger partial charge in [-0.25, -0.2) is 8.42 Å². The second-order valence-corrected chi connectivity index (χ2v) is 14.4. The largest absolute Gasteiger partial charge is 0.494 e. The van der Waals surface area contributed by atoms with E-state index >= 15 is 0 Å². The number of carbonyl (C=O) groups is 2. The van der Waals surface area contributed by atoms with E-state index in [1.165, 1.54) is 28.8 Å². The minimum atomic E-state index is -4.23. The van der Waals surface area contributed by atoms with Gasteiger partial charge in [0, 0.05) is 28.9 Å². The molecule has 0 spiro atoms. The van der Waals surface area contributed by atoms with Crippen molar-refractivity contribution in [1.29, 1.82) is 0 Å². The van der Waals surface area contributed by atoms with Gasteiger partial charge >= 0.3 is 0 Å². The van der Waals surface area contributed by atoms with Gasteiger partial charge in [-0.3, -0.25) is 13.9 Å². The molecular formula is C37H42ClN3O5S2. The minimum Gasteiger partial charge on any atom is -0.494 e. The summed E-state index contributed by atoms with van der Waals surface area (Å²) in [5, 5.41) is 3.47. The Labute approximate surface area is 293 Å². The molecule has 0 saturated carbocycles. The lowest BCUT2D eigenvalue weighted by atomic mass is 10.0. The number of sulfonamides is 1. The number of amides is 2. The molecule has 0 saturated heterocycles. The number of ether oxygens (including phenoxy) is 1. The van der Waals surface area contributed by atoms with Crippen molar-refractivity contribution in [2.75, 3.05) is 23.7 Å². The van der Waals surface area contributed by atoms with Crippen molar-refractivity contribution in [3.05, 3.63) is 119 Å². The number of nitrogens with zero attached hydrogens (tertiary/aromatic N) is 2. The van der Waals surface area contributed by atoms with Crippen molar-refractivity contribution in [3.63, 3.8) is 0 Å². The third-order valence-corrected chi connectivity index (χ3v) is 10.8. The van der Waals surface area contributed by atoms with Crippen molar-refractivity contribution in [2.24, 2.45) is 0 Å². The van der Waals surface area contributed by atoms with E-state index in [1.807, 2.05) is 63.4 Å². The number of nitrogens with one attached hydrogen (secondary N) is 1. The van der Waals surface area contributed by atoms with Gasteiger partial charge in [0.1, 0.15) is 18.3 Å². The summed E-state index contributed by atoms with van der Waals surface area (Å²) in [4.78, 5) is 31.0. The van der Waals surface area contributed by atoms with E-state index in [0.717, 1.165) is 14.8 Å². The van der Waals surface area contributed by atoms with Gasteiger partial charge in [-0.15, -0.1) is 11.8 Å². The molecule has 0 aromatic heterocycles. The van der Waals surface area contributed by atoms with E-state index in [1.54, 1.807) is 54.6 Å². The van der Waals surface area contributed by atoms with Gasteiger partial charge in [0.2, 0.25) is 11.8 Å². The molecular weight excluding hydrogens is 666 g/mol. The molecule has 2 amide bonds. The van der Waals surface area contributed by atoms with Gasteiger partial charge in [0.15, 0.2) is 0 Å². The number of thioether (sulfide) groups is 1. The summed E-state index contributed by atoms with van der Waals surface area (Å²) in [5.74, 6) is -0.329. The molecule has 4 aromatic rings. The highest BCUT2D eigenvalue weighted by Gasteiger charge is 2.35. The summed E-state index contributed by atoms with van der Waals surface area (Å²) in [6.45, 7) is 5.60. The van der Waals surface area contributed by atoms with Crippen molar-refractivity contribution in [2.45, 2.75) is 62.0 Å². The normalized spacial score (nSPS) is 12.5. The summed E-state index contributed by atoms with van der Waals surface area (Å²) in [7, 11) is -4.23. The molecule has 0 aliphatic heterocycles. The molecule has 2 atom stereocenters. The predicted molar refractivity (Wildman–Crippen MR) is 194 cm³/mol. The van der Waals surface area contributed by atoms with Crippen LogP contribution < -0.4 is 14.4 Å². The first-order chi connectivity index (χ1) is 23.1. The molecule has 254 valence electrons. The van der Waals surface area contributed by atoms with Gasteiger partial charge in [0.05, 0.1) is 17.2 Å². The third kappa shape index (κ3) is 9.55. The molecule has 11 heteroatoms. The molecule has 8 nitrogen and oxygen atoms in total. The Hall–Kier alpha value is -3.99. The molecule has 0 radical (unpaired) electrons. The Morgan fingerprint density at radius 2 is 1.54 bits per heavy atom. The summed E-state index contributed by atoms with van der Waals surface area (Å²) in [6.07, 6.45) is 2.82. The first kappa shape index (κ1) is 36.8. The van der Waals surface area contributed by atoms with Crippen LogP contribution in [-0.4, -0.2) is 56.6 Å². The van der Waals surface area contributed by atoms with E-state index in [-0.39, 0.29) is 35.5 Å². The Balaban J connectivity index is 1.82. The Morgan fingerprint density at radius 3 is 2.15 bits per heavy atom. The van der Waals surface area contributed by atoms with Crippen LogP contribution in [0.25, 0.3) is 0 Å². The van der Waals surface area contributed by atoms with Crippen molar-refractivity contribution in [3.8, 4) is 5.75 Å². The van der Waals surface area contributed by atoms with Crippen LogP contribution in [0.3, 0.4) is 0 Å². The number of carbonyl (C=O) groups excluding carboxylic acids is 2. The molecule has 48 heavy (non-hydrogen) atoms. The van der Waals surface area contributed by atoms with Crippen LogP contribution in [0.15, 0.2) is 113 Å². The molecule has 0 aliphatic carbocycles. The van der Waals surface area contributed by atoms with E-state index in [4.69, 9.17) is 16.3 Å². The fraction of sp³-hybridized carbons (Fsp3) is 0.297. The molecule has 0 bridgehead atoms. The van der Waals surface area contributed by atoms with Crippen LogP contribution in [0, 0.1) is 0 Å². The summed E-state index contributed by atoms with van der Waals surface area (Å²) >= 11 is 8.08. The quantitative estimate of drug-likeness (QED) is 0.124. The number of rotatable bonds is 16. The van der Waals surface area contributed by atoms with E-state index < -0.39 is 28.5 Å². The summed E-state index contributed by atoms with van der Waals surface area (Å²) in [5.41, 5.74) is 1.76.